The van der Waals surface area contributed by atoms with E-state index in [0.717, 1.165) is 6.42 Å². The van der Waals surface area contributed by atoms with Gasteiger partial charge in [-0.15, -0.1) is 0 Å². The molecule has 1 aromatic heterocycles. The zero-order chi connectivity index (χ0) is 15.5. The minimum absolute atomic E-state index is 0.126. The molecule has 0 bridgehead atoms. The summed E-state index contributed by atoms with van der Waals surface area (Å²) in [6, 6.07) is 0. The molecule has 0 aliphatic carbocycles. The van der Waals surface area contributed by atoms with E-state index in [0.29, 0.717) is 18.7 Å². The summed E-state index contributed by atoms with van der Waals surface area (Å²) in [5, 5.41) is 11.7. The Morgan fingerprint density at radius 3 is 2.50 bits per heavy atom. The van der Waals surface area contributed by atoms with Crippen molar-refractivity contribution in [1.29, 1.82) is 0 Å². The van der Waals surface area contributed by atoms with Gasteiger partial charge < -0.3 is 4.90 Å². The molecule has 0 spiro atoms. The zero-order valence-electron chi connectivity index (χ0n) is 12.3. The van der Waals surface area contributed by atoms with Gasteiger partial charge in [0, 0.05) is 13.6 Å². The molecule has 114 valence electrons. The lowest BCUT2D eigenvalue weighted by molar-refractivity contribution is 0.0769. The highest BCUT2D eigenvalue weighted by atomic mass is 32.2. The van der Waals surface area contributed by atoms with Crippen LogP contribution in [0.1, 0.15) is 43.4 Å². The minimum atomic E-state index is -3.99. The van der Waals surface area contributed by atoms with Gasteiger partial charge in [0.1, 0.15) is 4.90 Å². The second-order valence-corrected chi connectivity index (χ2v) is 6.75. The molecule has 0 unspecified atom stereocenters. The molecule has 1 rings (SSSR count). The van der Waals surface area contributed by atoms with Gasteiger partial charge in [0.2, 0.25) is 10.0 Å². The largest absolute Gasteiger partial charge is 0.340 e. The Kier molecular flexibility index (Phi) is 5.29. The highest BCUT2D eigenvalue weighted by Gasteiger charge is 2.28. The summed E-state index contributed by atoms with van der Waals surface area (Å²) in [5.74, 6) is -0.169. The summed E-state index contributed by atoms with van der Waals surface area (Å²) in [7, 11) is -2.38. The summed E-state index contributed by atoms with van der Waals surface area (Å²) < 4.78 is 23.4. The van der Waals surface area contributed by atoms with E-state index in [2.05, 4.69) is 10.2 Å². The molecule has 1 heterocycles. The van der Waals surface area contributed by atoms with Gasteiger partial charge in [-0.2, -0.15) is 5.10 Å². The molecule has 1 amide bonds. The van der Waals surface area contributed by atoms with E-state index < -0.39 is 15.9 Å². The first kappa shape index (κ1) is 16.6. The Hall–Kier alpha value is -1.41. The molecule has 0 saturated heterocycles. The van der Waals surface area contributed by atoms with Crippen LogP contribution in [0.15, 0.2) is 4.90 Å². The number of nitrogens with two attached hydrogens (primary N) is 1. The number of carbonyl (C=O) groups is 1. The van der Waals surface area contributed by atoms with Crippen molar-refractivity contribution in [1.82, 2.24) is 15.1 Å². The van der Waals surface area contributed by atoms with Crippen LogP contribution in [-0.2, 0) is 16.4 Å². The molecule has 7 nitrogen and oxygen atoms in total. The van der Waals surface area contributed by atoms with E-state index in [9.17, 15) is 13.2 Å². The van der Waals surface area contributed by atoms with Crippen LogP contribution in [0.4, 0.5) is 0 Å². The van der Waals surface area contributed by atoms with Crippen LogP contribution in [0.5, 0.6) is 0 Å². The lowest BCUT2D eigenvalue weighted by atomic mass is 10.2. The fourth-order valence-electron chi connectivity index (χ4n) is 2.05. The van der Waals surface area contributed by atoms with E-state index in [-0.39, 0.29) is 16.5 Å². The standard InChI is InChI=1S/C12H22N4O3S/c1-5-6-9-11(20(13,18)19)10(15-14-9)12(17)16(4)7-8(2)3/h8H,5-7H2,1-4H3,(H,14,15)(H2,13,18,19). The Bertz CT molecular complexity index is 578. The molecule has 0 aromatic carbocycles. The lowest BCUT2D eigenvalue weighted by Gasteiger charge is -2.18. The van der Waals surface area contributed by atoms with Gasteiger partial charge in [-0.1, -0.05) is 27.2 Å². The van der Waals surface area contributed by atoms with Crippen molar-refractivity contribution in [3.63, 3.8) is 0 Å². The summed E-state index contributed by atoms with van der Waals surface area (Å²) in [6.07, 6.45) is 1.19. The highest BCUT2D eigenvalue weighted by molar-refractivity contribution is 7.89. The first-order chi connectivity index (χ1) is 9.18. The van der Waals surface area contributed by atoms with Crippen LogP contribution in [0.2, 0.25) is 0 Å². The number of carbonyl (C=O) groups excluding carboxylic acids is 1. The molecule has 20 heavy (non-hydrogen) atoms. The van der Waals surface area contributed by atoms with Gasteiger partial charge >= 0.3 is 0 Å². The predicted octanol–water partition coefficient (Wildman–Crippen LogP) is 0.738. The zero-order valence-corrected chi connectivity index (χ0v) is 13.1. The third-order valence-electron chi connectivity index (χ3n) is 2.76. The number of H-pyrrole nitrogens is 1. The summed E-state index contributed by atoms with van der Waals surface area (Å²) in [6.45, 7) is 6.36. The Morgan fingerprint density at radius 1 is 1.45 bits per heavy atom. The number of aryl methyl sites for hydroxylation is 1. The molecule has 0 radical (unpaired) electrons. The van der Waals surface area contributed by atoms with Crippen LogP contribution in [0.25, 0.3) is 0 Å². The number of primary sulfonamides is 1. The van der Waals surface area contributed by atoms with E-state index in [1.165, 1.54) is 4.90 Å². The van der Waals surface area contributed by atoms with Crippen molar-refractivity contribution in [3.05, 3.63) is 11.4 Å². The maximum atomic E-state index is 12.3. The van der Waals surface area contributed by atoms with Crippen LogP contribution >= 0.6 is 0 Å². The van der Waals surface area contributed by atoms with Crippen LogP contribution in [0.3, 0.4) is 0 Å². The third-order valence-corrected chi connectivity index (χ3v) is 3.77. The lowest BCUT2D eigenvalue weighted by Crippen LogP contribution is -2.32. The number of hydrogen-bond acceptors (Lipinski definition) is 4. The minimum Gasteiger partial charge on any atom is -0.340 e. The smallest absolute Gasteiger partial charge is 0.275 e. The third kappa shape index (κ3) is 3.80. The molecular formula is C12H22N4O3S. The van der Waals surface area contributed by atoms with Crippen molar-refractivity contribution in [2.24, 2.45) is 11.1 Å². The maximum Gasteiger partial charge on any atom is 0.275 e. The number of rotatable bonds is 6. The van der Waals surface area contributed by atoms with Crippen LogP contribution < -0.4 is 5.14 Å². The number of amides is 1. The molecule has 0 aliphatic heterocycles. The first-order valence-electron chi connectivity index (χ1n) is 6.54. The van der Waals surface area contributed by atoms with Gasteiger partial charge in [0.15, 0.2) is 5.69 Å². The Labute approximate surface area is 119 Å². The highest BCUT2D eigenvalue weighted by Crippen LogP contribution is 2.19. The Morgan fingerprint density at radius 2 is 2.05 bits per heavy atom. The normalized spacial score (nSPS) is 11.9. The van der Waals surface area contributed by atoms with E-state index >= 15 is 0 Å². The number of hydrogen-bond donors (Lipinski definition) is 2. The number of aromatic amines is 1. The van der Waals surface area contributed by atoms with E-state index in [1.807, 2.05) is 20.8 Å². The molecular weight excluding hydrogens is 280 g/mol. The predicted molar refractivity (Wildman–Crippen MR) is 75.8 cm³/mol. The van der Waals surface area contributed by atoms with Gasteiger partial charge in [-0.3, -0.25) is 9.89 Å². The van der Waals surface area contributed by atoms with E-state index in [4.69, 9.17) is 5.14 Å². The summed E-state index contributed by atoms with van der Waals surface area (Å²) >= 11 is 0. The van der Waals surface area contributed by atoms with Crippen LogP contribution in [0, 0.1) is 5.92 Å². The van der Waals surface area contributed by atoms with Gasteiger partial charge in [-0.25, -0.2) is 13.6 Å². The quantitative estimate of drug-likeness (QED) is 0.807. The number of nitrogens with one attached hydrogen (secondary N) is 1. The van der Waals surface area contributed by atoms with Crippen molar-refractivity contribution >= 4 is 15.9 Å². The monoisotopic (exact) mass is 302 g/mol. The van der Waals surface area contributed by atoms with Gasteiger partial charge in [0.05, 0.1) is 5.69 Å². The number of sulfonamides is 1. The van der Waals surface area contributed by atoms with Crippen molar-refractivity contribution in [2.45, 2.75) is 38.5 Å². The van der Waals surface area contributed by atoms with E-state index in [1.54, 1.807) is 7.05 Å². The van der Waals surface area contributed by atoms with Crippen molar-refractivity contribution < 1.29 is 13.2 Å². The second-order valence-electron chi connectivity index (χ2n) is 5.25. The van der Waals surface area contributed by atoms with Gasteiger partial charge in [-0.05, 0) is 12.3 Å². The molecule has 3 N–H and O–H groups in total. The Balaban J connectivity index is 3.22. The fourth-order valence-corrected chi connectivity index (χ4v) is 2.94. The SMILES string of the molecule is CCCc1[nH]nc(C(=O)N(C)CC(C)C)c1S(N)(=O)=O. The average Bonchev–Trinajstić information content (AvgIpc) is 2.71. The molecule has 0 fully saturated rings. The fraction of sp³-hybridized carbons (Fsp3) is 0.667. The summed E-state index contributed by atoms with van der Waals surface area (Å²) in [4.78, 5) is 13.6. The molecule has 1 aromatic rings. The van der Waals surface area contributed by atoms with Gasteiger partial charge in [0.25, 0.3) is 5.91 Å². The first-order valence-corrected chi connectivity index (χ1v) is 8.08. The average molecular weight is 302 g/mol. The number of nitrogens with zero attached hydrogens (tertiary/aromatic N) is 2. The molecule has 0 saturated carbocycles. The molecule has 8 heteroatoms. The van der Waals surface area contributed by atoms with Crippen molar-refractivity contribution in [2.75, 3.05) is 13.6 Å². The molecule has 0 aliphatic rings. The van der Waals surface area contributed by atoms with Crippen LogP contribution in [-0.4, -0.2) is 43.0 Å². The number of aromatic nitrogens is 2. The maximum absolute atomic E-state index is 12.3. The van der Waals surface area contributed by atoms with Crippen molar-refractivity contribution in [3.8, 4) is 0 Å². The topological polar surface area (TPSA) is 109 Å². The summed E-state index contributed by atoms with van der Waals surface area (Å²) in [5.41, 5.74) is 0.260. The second kappa shape index (κ2) is 6.36. The molecule has 0 atom stereocenters.